The number of hydrogen-bond donors (Lipinski definition) is 1. The largest absolute Gasteiger partial charge is 0.361 e. The molecule has 1 saturated heterocycles. The molecule has 1 aromatic heterocycles. The fourth-order valence-electron chi connectivity index (χ4n) is 2.98. The van der Waals surface area contributed by atoms with Gasteiger partial charge in [0.1, 0.15) is 0 Å². The van der Waals surface area contributed by atoms with Crippen LogP contribution in [-0.2, 0) is 6.42 Å². The average molecular weight is 350 g/mol. The number of nitrogens with one attached hydrogen (secondary N) is 1. The van der Waals surface area contributed by atoms with Crippen molar-refractivity contribution in [1.82, 2.24) is 25.0 Å². The second-order valence-electron chi connectivity index (χ2n) is 6.19. The van der Waals surface area contributed by atoms with E-state index in [0.717, 1.165) is 70.4 Å². The lowest BCUT2D eigenvalue weighted by atomic mass is 10.2. The van der Waals surface area contributed by atoms with Crippen molar-refractivity contribution in [2.24, 2.45) is 0 Å². The van der Waals surface area contributed by atoms with Crippen LogP contribution in [0.2, 0.25) is 0 Å². The van der Waals surface area contributed by atoms with Crippen LogP contribution < -0.4 is 5.32 Å². The molecule has 1 aliphatic heterocycles. The molecule has 0 saturated carbocycles. The number of aromatic nitrogens is 1. The molecule has 134 valence electrons. The van der Waals surface area contributed by atoms with E-state index in [1.54, 1.807) is 0 Å². The molecule has 5 nitrogen and oxygen atoms in total. The Labute approximate surface area is 152 Å². The second-order valence-corrected chi connectivity index (χ2v) is 6.58. The lowest BCUT2D eigenvalue weighted by Crippen LogP contribution is -2.52. The average Bonchev–Trinajstić information content (AvgIpc) is 2.64. The Balaban J connectivity index is 1.62. The van der Waals surface area contributed by atoms with Gasteiger partial charge >= 0.3 is 0 Å². The van der Waals surface area contributed by atoms with E-state index in [2.05, 4.69) is 51.0 Å². The molecule has 0 aromatic carbocycles. The third kappa shape index (κ3) is 6.34. The predicted octanol–water partition coefficient (Wildman–Crippen LogP) is 1.46. The summed E-state index contributed by atoms with van der Waals surface area (Å²) in [6, 6.07) is 4.20. The molecule has 6 heteroatoms. The van der Waals surface area contributed by atoms with E-state index >= 15 is 0 Å². The van der Waals surface area contributed by atoms with Crippen molar-refractivity contribution < 1.29 is 0 Å². The van der Waals surface area contributed by atoms with Crippen molar-refractivity contribution in [2.45, 2.75) is 20.3 Å². The third-order valence-electron chi connectivity index (χ3n) is 4.72. The van der Waals surface area contributed by atoms with Crippen LogP contribution in [-0.4, -0.2) is 83.7 Å². The van der Waals surface area contributed by atoms with Crippen molar-refractivity contribution in [1.29, 1.82) is 0 Å². The first-order valence-corrected chi connectivity index (χ1v) is 9.50. The Hall–Kier alpha value is -1.24. The number of rotatable bonds is 8. The molecule has 0 aliphatic carbocycles. The molecule has 1 aliphatic rings. The highest BCUT2D eigenvalue weighted by Crippen LogP contribution is 2.05. The zero-order valence-electron chi connectivity index (χ0n) is 15.1. The zero-order chi connectivity index (χ0) is 17.2. The van der Waals surface area contributed by atoms with Crippen LogP contribution in [0.15, 0.2) is 24.5 Å². The minimum atomic E-state index is 0.913. The Kier molecular flexibility index (Phi) is 8.42. The first-order chi connectivity index (χ1) is 11.7. The van der Waals surface area contributed by atoms with Crippen molar-refractivity contribution in [3.8, 4) is 0 Å². The molecule has 1 fully saturated rings. The lowest BCUT2D eigenvalue weighted by Gasteiger charge is -2.36. The molecule has 24 heavy (non-hydrogen) atoms. The van der Waals surface area contributed by atoms with Gasteiger partial charge in [-0.3, -0.25) is 9.88 Å². The number of likely N-dealkylation sites (N-methyl/N-ethyl adjacent to an activating group) is 1. The van der Waals surface area contributed by atoms with Gasteiger partial charge in [-0.15, -0.1) is 0 Å². The number of thiocarbonyl (C=S) groups is 1. The van der Waals surface area contributed by atoms with Gasteiger partial charge in [0.15, 0.2) is 5.11 Å². The Bertz CT molecular complexity index is 470. The van der Waals surface area contributed by atoms with Crippen molar-refractivity contribution in [2.75, 3.05) is 58.9 Å². The lowest BCUT2D eigenvalue weighted by molar-refractivity contribution is 0.182. The van der Waals surface area contributed by atoms with Crippen molar-refractivity contribution in [3.63, 3.8) is 0 Å². The summed E-state index contributed by atoms with van der Waals surface area (Å²) in [5, 5.41) is 4.33. The maximum Gasteiger partial charge on any atom is 0.169 e. The predicted molar refractivity (Wildman–Crippen MR) is 104 cm³/mol. The molecule has 0 unspecified atom stereocenters. The summed E-state index contributed by atoms with van der Waals surface area (Å²) < 4.78 is 0. The van der Waals surface area contributed by atoms with Gasteiger partial charge in [0.05, 0.1) is 0 Å². The molecule has 1 aromatic rings. The standard InChI is InChI=1S/C18H31N5S/c1-3-21(4-2)12-10-20-18(24)23-15-13-22(14-16-23)11-7-17-5-8-19-9-6-17/h5-6,8-9H,3-4,7,10-16H2,1-2H3,(H,20,24). The second kappa shape index (κ2) is 10.6. The molecule has 0 amide bonds. The number of nitrogens with zero attached hydrogens (tertiary/aromatic N) is 4. The topological polar surface area (TPSA) is 34.6 Å². The zero-order valence-corrected chi connectivity index (χ0v) is 15.9. The van der Waals surface area contributed by atoms with Gasteiger partial charge in [0.2, 0.25) is 0 Å². The summed E-state index contributed by atoms with van der Waals surface area (Å²) in [5.74, 6) is 0. The van der Waals surface area contributed by atoms with E-state index in [1.807, 2.05) is 12.4 Å². The van der Waals surface area contributed by atoms with E-state index in [9.17, 15) is 0 Å². The van der Waals surface area contributed by atoms with E-state index in [1.165, 1.54) is 5.56 Å². The molecule has 0 atom stereocenters. The monoisotopic (exact) mass is 349 g/mol. The highest BCUT2D eigenvalue weighted by molar-refractivity contribution is 7.80. The van der Waals surface area contributed by atoms with Gasteiger partial charge in [0, 0.05) is 58.2 Å². The minimum Gasteiger partial charge on any atom is -0.361 e. The van der Waals surface area contributed by atoms with E-state index in [0.29, 0.717) is 0 Å². The molecular formula is C18H31N5S. The van der Waals surface area contributed by atoms with Crippen LogP contribution in [0.5, 0.6) is 0 Å². The summed E-state index contributed by atoms with van der Waals surface area (Å²) in [5.41, 5.74) is 1.36. The third-order valence-corrected chi connectivity index (χ3v) is 5.13. The van der Waals surface area contributed by atoms with Gasteiger partial charge in [-0.25, -0.2) is 0 Å². The van der Waals surface area contributed by atoms with E-state index < -0.39 is 0 Å². The summed E-state index contributed by atoms with van der Waals surface area (Å²) in [7, 11) is 0. The van der Waals surface area contributed by atoms with Gasteiger partial charge < -0.3 is 15.1 Å². The van der Waals surface area contributed by atoms with Crippen LogP contribution in [0.3, 0.4) is 0 Å². The van der Waals surface area contributed by atoms with Crippen LogP contribution in [0.1, 0.15) is 19.4 Å². The molecule has 2 heterocycles. The summed E-state index contributed by atoms with van der Waals surface area (Å²) in [6.07, 6.45) is 4.83. The molecule has 0 radical (unpaired) electrons. The quantitative estimate of drug-likeness (QED) is 0.716. The van der Waals surface area contributed by atoms with Gasteiger partial charge in [-0.05, 0) is 49.4 Å². The van der Waals surface area contributed by atoms with E-state index in [-0.39, 0.29) is 0 Å². The number of hydrogen-bond acceptors (Lipinski definition) is 4. The number of pyridine rings is 1. The summed E-state index contributed by atoms with van der Waals surface area (Å²) in [6.45, 7) is 13.9. The Morgan fingerprint density at radius 1 is 1.17 bits per heavy atom. The van der Waals surface area contributed by atoms with Gasteiger partial charge in [0.25, 0.3) is 0 Å². The molecule has 0 spiro atoms. The highest BCUT2D eigenvalue weighted by Gasteiger charge is 2.18. The molecule has 2 rings (SSSR count). The summed E-state index contributed by atoms with van der Waals surface area (Å²) in [4.78, 5) is 11.3. The van der Waals surface area contributed by atoms with Crippen LogP contribution in [0.4, 0.5) is 0 Å². The fourth-order valence-corrected chi connectivity index (χ4v) is 3.27. The fraction of sp³-hybridized carbons (Fsp3) is 0.667. The first kappa shape index (κ1) is 19.1. The van der Waals surface area contributed by atoms with E-state index in [4.69, 9.17) is 12.2 Å². The number of piperazine rings is 1. The maximum atomic E-state index is 5.55. The van der Waals surface area contributed by atoms with Crippen LogP contribution in [0, 0.1) is 0 Å². The molecule has 1 N–H and O–H groups in total. The first-order valence-electron chi connectivity index (χ1n) is 9.09. The Morgan fingerprint density at radius 2 is 1.83 bits per heavy atom. The van der Waals surface area contributed by atoms with Gasteiger partial charge in [-0.1, -0.05) is 13.8 Å². The normalized spacial score (nSPS) is 15.7. The van der Waals surface area contributed by atoms with Crippen molar-refractivity contribution >= 4 is 17.3 Å². The van der Waals surface area contributed by atoms with Crippen LogP contribution in [0.25, 0.3) is 0 Å². The van der Waals surface area contributed by atoms with Crippen molar-refractivity contribution in [3.05, 3.63) is 30.1 Å². The highest BCUT2D eigenvalue weighted by atomic mass is 32.1. The SMILES string of the molecule is CCN(CC)CCNC(=S)N1CCN(CCc2ccncc2)CC1. The van der Waals surface area contributed by atoms with Gasteiger partial charge in [-0.2, -0.15) is 0 Å². The maximum absolute atomic E-state index is 5.55. The minimum absolute atomic E-state index is 0.913. The Morgan fingerprint density at radius 3 is 2.46 bits per heavy atom. The van der Waals surface area contributed by atoms with Crippen LogP contribution >= 0.6 is 12.2 Å². The summed E-state index contributed by atoms with van der Waals surface area (Å²) >= 11 is 5.55. The molecular weight excluding hydrogens is 318 g/mol. The molecule has 0 bridgehead atoms. The smallest absolute Gasteiger partial charge is 0.169 e.